The van der Waals surface area contributed by atoms with Crippen LogP contribution in [0.4, 0.5) is 4.79 Å². The van der Waals surface area contributed by atoms with Crippen molar-refractivity contribution in [2.75, 3.05) is 41.4 Å². The van der Waals surface area contributed by atoms with Gasteiger partial charge in [-0.2, -0.15) is 0 Å². The SMILES string of the molecule is COc1cc(OC)c(C(=O)N[C@H]2CC[C@H](NC(=O)OC(C)(C)C)CC2)cc1C(=O)NCCN(C)C. The third-order valence-electron chi connectivity index (χ3n) is 5.64. The normalized spacial score (nSPS) is 17.9. The topological polar surface area (TPSA) is 118 Å². The molecule has 1 aliphatic rings. The number of amides is 3. The van der Waals surface area contributed by atoms with Crippen LogP contribution in [-0.4, -0.2) is 81.9 Å². The Morgan fingerprint density at radius 1 is 0.886 bits per heavy atom. The first-order valence-electron chi connectivity index (χ1n) is 11.9. The maximum atomic E-state index is 13.1. The second kappa shape index (κ2) is 12.6. The fraction of sp³-hybridized carbons (Fsp3) is 0.640. The summed E-state index contributed by atoms with van der Waals surface area (Å²) in [6.45, 7) is 6.62. The smallest absolute Gasteiger partial charge is 0.407 e. The zero-order valence-corrected chi connectivity index (χ0v) is 21.9. The number of nitrogens with zero attached hydrogens (tertiary/aromatic N) is 1. The summed E-state index contributed by atoms with van der Waals surface area (Å²) in [5, 5.41) is 8.79. The molecule has 0 radical (unpaired) electrons. The Bertz CT molecular complexity index is 889. The Kier molecular flexibility index (Phi) is 10.2. The number of carbonyl (C=O) groups excluding carboxylic acids is 3. The van der Waals surface area contributed by atoms with Gasteiger partial charge in [0, 0.05) is 31.2 Å². The van der Waals surface area contributed by atoms with Gasteiger partial charge in [0.25, 0.3) is 11.8 Å². The minimum Gasteiger partial charge on any atom is -0.496 e. The molecule has 1 aliphatic carbocycles. The van der Waals surface area contributed by atoms with E-state index < -0.39 is 11.7 Å². The fourth-order valence-electron chi connectivity index (χ4n) is 3.86. The number of methoxy groups -OCH3 is 2. The summed E-state index contributed by atoms with van der Waals surface area (Å²) >= 11 is 0. The van der Waals surface area contributed by atoms with Crippen LogP contribution in [0, 0.1) is 0 Å². The molecule has 196 valence electrons. The minimum absolute atomic E-state index is 0.00555. The van der Waals surface area contributed by atoms with Gasteiger partial charge < -0.3 is 35.1 Å². The molecular formula is C25H40N4O6. The number of likely N-dealkylation sites (N-methyl/N-ethyl adjacent to an activating group) is 1. The van der Waals surface area contributed by atoms with E-state index in [9.17, 15) is 14.4 Å². The predicted octanol–water partition coefficient (Wildman–Crippen LogP) is 2.56. The molecule has 10 nitrogen and oxygen atoms in total. The number of hydrogen-bond donors (Lipinski definition) is 3. The Labute approximate surface area is 208 Å². The van der Waals surface area contributed by atoms with Gasteiger partial charge in [0.2, 0.25) is 0 Å². The highest BCUT2D eigenvalue weighted by Gasteiger charge is 2.27. The van der Waals surface area contributed by atoms with Crippen LogP contribution in [0.1, 0.15) is 67.2 Å². The van der Waals surface area contributed by atoms with Crippen molar-refractivity contribution in [1.29, 1.82) is 0 Å². The highest BCUT2D eigenvalue weighted by atomic mass is 16.6. The lowest BCUT2D eigenvalue weighted by molar-refractivity contribution is 0.0487. The van der Waals surface area contributed by atoms with Crippen molar-refractivity contribution in [2.45, 2.75) is 64.1 Å². The summed E-state index contributed by atoms with van der Waals surface area (Å²) in [5.74, 6) is 0.00322. The lowest BCUT2D eigenvalue weighted by Gasteiger charge is -2.30. The third-order valence-corrected chi connectivity index (χ3v) is 5.64. The van der Waals surface area contributed by atoms with Crippen LogP contribution >= 0.6 is 0 Å². The van der Waals surface area contributed by atoms with Crippen LogP contribution < -0.4 is 25.4 Å². The van der Waals surface area contributed by atoms with Crippen LogP contribution in [0.5, 0.6) is 11.5 Å². The molecular weight excluding hydrogens is 452 g/mol. The van der Waals surface area contributed by atoms with Crippen molar-refractivity contribution in [3.05, 3.63) is 23.3 Å². The molecule has 3 N–H and O–H groups in total. The van der Waals surface area contributed by atoms with Gasteiger partial charge in [-0.3, -0.25) is 9.59 Å². The van der Waals surface area contributed by atoms with Crippen molar-refractivity contribution >= 4 is 17.9 Å². The maximum absolute atomic E-state index is 13.1. The summed E-state index contributed by atoms with van der Waals surface area (Å²) < 4.78 is 16.1. The molecule has 10 heteroatoms. The van der Waals surface area contributed by atoms with Crippen LogP contribution in [0.3, 0.4) is 0 Å². The first-order valence-corrected chi connectivity index (χ1v) is 11.9. The molecule has 1 aromatic carbocycles. The van der Waals surface area contributed by atoms with E-state index in [0.29, 0.717) is 37.4 Å². The molecule has 0 aromatic heterocycles. The largest absolute Gasteiger partial charge is 0.496 e. The Morgan fingerprint density at radius 2 is 1.40 bits per heavy atom. The molecule has 1 saturated carbocycles. The first-order chi connectivity index (χ1) is 16.4. The number of alkyl carbamates (subject to hydrolysis) is 1. The number of nitrogens with one attached hydrogen (secondary N) is 3. The molecule has 0 spiro atoms. The third kappa shape index (κ3) is 8.93. The molecule has 2 rings (SSSR count). The van der Waals surface area contributed by atoms with Crippen LogP contribution in [0.2, 0.25) is 0 Å². The molecule has 0 atom stereocenters. The quantitative estimate of drug-likeness (QED) is 0.485. The van der Waals surface area contributed by atoms with Gasteiger partial charge in [-0.25, -0.2) is 4.79 Å². The zero-order chi connectivity index (χ0) is 26.2. The second-order valence-corrected chi connectivity index (χ2v) is 9.98. The molecule has 1 fully saturated rings. The highest BCUT2D eigenvalue weighted by Crippen LogP contribution is 2.30. The van der Waals surface area contributed by atoms with Gasteiger partial charge in [-0.15, -0.1) is 0 Å². The van der Waals surface area contributed by atoms with Gasteiger partial charge in [-0.1, -0.05) is 0 Å². The standard InChI is InChI=1S/C25H40N4O6/c1-25(2,3)35-24(32)28-17-10-8-16(9-11-17)27-23(31)19-14-18(20(33-6)15-21(19)34-7)22(30)26-12-13-29(4)5/h14-17H,8-13H2,1-7H3,(H,26,30)(H,27,31)(H,28,32)/t16-,17-. The average Bonchev–Trinajstić information content (AvgIpc) is 2.77. The Balaban J connectivity index is 2.03. The predicted molar refractivity (Wildman–Crippen MR) is 133 cm³/mol. The molecule has 0 aliphatic heterocycles. The number of ether oxygens (including phenoxy) is 3. The van der Waals surface area contributed by atoms with Gasteiger partial charge in [0.05, 0.1) is 25.3 Å². The molecule has 0 saturated heterocycles. The van der Waals surface area contributed by atoms with Crippen LogP contribution in [0.15, 0.2) is 12.1 Å². The van der Waals surface area contributed by atoms with Gasteiger partial charge in [-0.05, 0) is 66.6 Å². The maximum Gasteiger partial charge on any atom is 0.407 e. The van der Waals surface area contributed by atoms with E-state index in [0.717, 1.165) is 12.8 Å². The van der Waals surface area contributed by atoms with E-state index in [1.807, 2.05) is 39.8 Å². The minimum atomic E-state index is -0.547. The summed E-state index contributed by atoms with van der Waals surface area (Å²) in [7, 11) is 6.78. The van der Waals surface area contributed by atoms with Crippen LogP contribution in [-0.2, 0) is 4.74 Å². The second-order valence-electron chi connectivity index (χ2n) is 9.98. The van der Waals surface area contributed by atoms with E-state index >= 15 is 0 Å². The Hall–Kier alpha value is -3.01. The van der Waals surface area contributed by atoms with E-state index in [-0.39, 0.29) is 35.0 Å². The van der Waals surface area contributed by atoms with Gasteiger partial charge in [0.15, 0.2) is 0 Å². The Morgan fingerprint density at radius 3 is 1.89 bits per heavy atom. The monoisotopic (exact) mass is 492 g/mol. The van der Waals surface area contributed by atoms with Crippen molar-refractivity contribution in [3.8, 4) is 11.5 Å². The summed E-state index contributed by atoms with van der Waals surface area (Å²) in [4.78, 5) is 39.9. The number of hydrogen-bond acceptors (Lipinski definition) is 7. The summed E-state index contributed by atoms with van der Waals surface area (Å²) in [6, 6.07) is 3.01. The molecule has 0 unspecified atom stereocenters. The number of carbonyl (C=O) groups is 3. The molecule has 1 aromatic rings. The fourth-order valence-corrected chi connectivity index (χ4v) is 3.86. The van der Waals surface area contributed by atoms with Gasteiger partial charge in [0.1, 0.15) is 17.1 Å². The van der Waals surface area contributed by atoms with E-state index in [1.54, 1.807) is 6.07 Å². The number of benzene rings is 1. The first kappa shape index (κ1) is 28.2. The van der Waals surface area contributed by atoms with Crippen molar-refractivity contribution in [2.24, 2.45) is 0 Å². The molecule has 0 heterocycles. The van der Waals surface area contributed by atoms with E-state index in [1.165, 1.54) is 20.3 Å². The number of rotatable bonds is 9. The summed E-state index contributed by atoms with van der Waals surface area (Å²) in [6.07, 6.45) is 2.45. The van der Waals surface area contributed by atoms with Crippen molar-refractivity contribution < 1.29 is 28.6 Å². The highest BCUT2D eigenvalue weighted by molar-refractivity contribution is 6.03. The zero-order valence-electron chi connectivity index (χ0n) is 21.9. The lowest BCUT2D eigenvalue weighted by atomic mass is 9.91. The van der Waals surface area contributed by atoms with Crippen molar-refractivity contribution in [1.82, 2.24) is 20.9 Å². The molecule has 35 heavy (non-hydrogen) atoms. The van der Waals surface area contributed by atoms with Crippen molar-refractivity contribution in [3.63, 3.8) is 0 Å². The van der Waals surface area contributed by atoms with Gasteiger partial charge >= 0.3 is 6.09 Å². The lowest BCUT2D eigenvalue weighted by Crippen LogP contribution is -2.45. The average molecular weight is 493 g/mol. The van der Waals surface area contributed by atoms with E-state index in [4.69, 9.17) is 14.2 Å². The molecule has 3 amide bonds. The summed E-state index contributed by atoms with van der Waals surface area (Å²) in [5.41, 5.74) is -0.0167. The molecule has 0 bridgehead atoms. The van der Waals surface area contributed by atoms with E-state index in [2.05, 4.69) is 16.0 Å². The van der Waals surface area contributed by atoms with Crippen LogP contribution in [0.25, 0.3) is 0 Å².